The molecule has 0 heterocycles. The van der Waals surface area contributed by atoms with Gasteiger partial charge < -0.3 is 10.8 Å². The van der Waals surface area contributed by atoms with Gasteiger partial charge in [0.2, 0.25) is 0 Å². The molecule has 0 unspecified atom stereocenters. The molecular formula is C16H13NO3. The first-order valence-electron chi connectivity index (χ1n) is 5.98. The van der Waals surface area contributed by atoms with Gasteiger partial charge in [-0.3, -0.25) is 4.79 Å². The number of rotatable bonds is 4. The van der Waals surface area contributed by atoms with Crippen LogP contribution in [0.5, 0.6) is 0 Å². The number of anilines is 1. The van der Waals surface area contributed by atoms with E-state index in [-0.39, 0.29) is 5.78 Å². The fourth-order valence-electron chi connectivity index (χ4n) is 1.79. The number of nitrogens with two attached hydrogens (primary N) is 1. The Kier molecular flexibility index (Phi) is 3.96. The largest absolute Gasteiger partial charge is 0.478 e. The van der Waals surface area contributed by atoms with Crippen LogP contribution in [0.25, 0.3) is 6.08 Å². The van der Waals surface area contributed by atoms with E-state index < -0.39 is 5.97 Å². The van der Waals surface area contributed by atoms with Crippen LogP contribution in [0, 0.1) is 0 Å². The van der Waals surface area contributed by atoms with E-state index in [1.165, 1.54) is 6.08 Å². The third kappa shape index (κ3) is 3.11. The zero-order valence-corrected chi connectivity index (χ0v) is 10.6. The zero-order valence-electron chi connectivity index (χ0n) is 10.6. The van der Waals surface area contributed by atoms with Crippen LogP contribution in [0.2, 0.25) is 0 Å². The smallest absolute Gasteiger partial charge is 0.328 e. The Morgan fingerprint density at radius 1 is 1.05 bits per heavy atom. The number of aliphatic carboxylic acids is 1. The van der Waals surface area contributed by atoms with Crippen LogP contribution < -0.4 is 5.73 Å². The van der Waals surface area contributed by atoms with Crippen molar-refractivity contribution in [3.63, 3.8) is 0 Å². The van der Waals surface area contributed by atoms with E-state index in [9.17, 15) is 9.59 Å². The summed E-state index contributed by atoms with van der Waals surface area (Å²) < 4.78 is 0. The van der Waals surface area contributed by atoms with Crippen LogP contribution in [0.15, 0.2) is 54.6 Å². The molecule has 0 aliphatic carbocycles. The van der Waals surface area contributed by atoms with Crippen molar-refractivity contribution in [3.8, 4) is 0 Å². The van der Waals surface area contributed by atoms with E-state index in [0.29, 0.717) is 22.4 Å². The van der Waals surface area contributed by atoms with E-state index in [0.717, 1.165) is 6.08 Å². The molecule has 0 spiro atoms. The second-order valence-corrected chi connectivity index (χ2v) is 4.21. The second-order valence-electron chi connectivity index (χ2n) is 4.21. The minimum atomic E-state index is -1.04. The van der Waals surface area contributed by atoms with Crippen LogP contribution in [0.1, 0.15) is 21.5 Å². The van der Waals surface area contributed by atoms with Crippen molar-refractivity contribution in [1.29, 1.82) is 0 Å². The molecule has 0 amide bonds. The molecule has 2 aromatic rings. The molecule has 0 bridgehead atoms. The summed E-state index contributed by atoms with van der Waals surface area (Å²) in [5, 5.41) is 8.61. The van der Waals surface area contributed by atoms with Gasteiger partial charge >= 0.3 is 5.97 Å². The van der Waals surface area contributed by atoms with Gasteiger partial charge in [0.15, 0.2) is 5.78 Å². The molecule has 2 rings (SSSR count). The molecule has 0 radical (unpaired) electrons. The fraction of sp³-hybridized carbons (Fsp3) is 0. The van der Waals surface area contributed by atoms with Crippen molar-refractivity contribution >= 4 is 23.5 Å². The van der Waals surface area contributed by atoms with Crippen LogP contribution in [0.3, 0.4) is 0 Å². The van der Waals surface area contributed by atoms with Crippen LogP contribution in [-0.2, 0) is 4.79 Å². The predicted molar refractivity (Wildman–Crippen MR) is 77.4 cm³/mol. The van der Waals surface area contributed by atoms with Gasteiger partial charge in [0.05, 0.1) is 0 Å². The number of carbonyl (C=O) groups is 2. The molecule has 3 N–H and O–H groups in total. The Labute approximate surface area is 116 Å². The number of carboxylic acid groups (broad SMARTS) is 1. The monoisotopic (exact) mass is 267 g/mol. The number of ketones is 1. The average molecular weight is 267 g/mol. The maximum absolute atomic E-state index is 12.3. The zero-order chi connectivity index (χ0) is 14.5. The summed E-state index contributed by atoms with van der Waals surface area (Å²) in [5.74, 6) is -1.23. The molecule has 0 saturated heterocycles. The van der Waals surface area contributed by atoms with Gasteiger partial charge in [0.25, 0.3) is 0 Å². The third-order valence-electron chi connectivity index (χ3n) is 2.78. The number of hydrogen-bond donors (Lipinski definition) is 2. The molecular weight excluding hydrogens is 254 g/mol. The Balaban J connectivity index is 2.39. The van der Waals surface area contributed by atoms with E-state index >= 15 is 0 Å². The van der Waals surface area contributed by atoms with Gasteiger partial charge in [-0.1, -0.05) is 36.4 Å². The number of carbonyl (C=O) groups excluding carboxylic acids is 1. The molecule has 4 heteroatoms. The molecule has 0 aliphatic heterocycles. The van der Waals surface area contributed by atoms with Crippen molar-refractivity contribution < 1.29 is 14.7 Å². The van der Waals surface area contributed by atoms with Crippen molar-refractivity contribution in [2.24, 2.45) is 0 Å². The molecule has 0 aliphatic rings. The molecule has 0 aromatic heterocycles. The topological polar surface area (TPSA) is 80.4 Å². The summed E-state index contributed by atoms with van der Waals surface area (Å²) in [5.41, 5.74) is 7.71. The maximum atomic E-state index is 12.3. The van der Waals surface area contributed by atoms with E-state index in [2.05, 4.69) is 0 Å². The molecule has 100 valence electrons. The Morgan fingerprint density at radius 2 is 1.75 bits per heavy atom. The fourth-order valence-corrected chi connectivity index (χ4v) is 1.79. The lowest BCUT2D eigenvalue weighted by Crippen LogP contribution is -2.05. The lowest BCUT2D eigenvalue weighted by molar-refractivity contribution is -0.131. The standard InChI is InChI=1S/C16H13NO3/c17-14-8-6-11(7-9-15(18)19)10-13(14)16(20)12-4-2-1-3-5-12/h1-10H,17H2,(H,18,19). The van der Waals surface area contributed by atoms with Crippen molar-refractivity contribution in [1.82, 2.24) is 0 Å². The number of hydrogen-bond acceptors (Lipinski definition) is 3. The minimum absolute atomic E-state index is 0.186. The molecule has 0 atom stereocenters. The molecule has 2 aromatic carbocycles. The predicted octanol–water partition coefficient (Wildman–Crippen LogP) is 2.60. The second kappa shape index (κ2) is 5.84. The third-order valence-corrected chi connectivity index (χ3v) is 2.78. The SMILES string of the molecule is Nc1ccc(C=CC(=O)O)cc1C(=O)c1ccccc1. The maximum Gasteiger partial charge on any atom is 0.328 e. The van der Waals surface area contributed by atoms with Gasteiger partial charge in [-0.2, -0.15) is 0 Å². The Morgan fingerprint density at radius 3 is 2.40 bits per heavy atom. The van der Waals surface area contributed by atoms with Gasteiger partial charge in [0, 0.05) is 22.9 Å². The first kappa shape index (κ1) is 13.5. The summed E-state index contributed by atoms with van der Waals surface area (Å²) in [7, 11) is 0. The Bertz CT molecular complexity index is 675. The van der Waals surface area contributed by atoms with Crippen molar-refractivity contribution in [3.05, 3.63) is 71.3 Å². The van der Waals surface area contributed by atoms with Gasteiger partial charge in [0.1, 0.15) is 0 Å². The number of carboxylic acids is 1. The highest BCUT2D eigenvalue weighted by atomic mass is 16.4. The average Bonchev–Trinajstić information content (AvgIpc) is 2.46. The van der Waals surface area contributed by atoms with Crippen LogP contribution in [-0.4, -0.2) is 16.9 Å². The van der Waals surface area contributed by atoms with Crippen LogP contribution >= 0.6 is 0 Å². The van der Waals surface area contributed by atoms with E-state index in [1.807, 2.05) is 6.07 Å². The lowest BCUT2D eigenvalue weighted by atomic mass is 9.99. The summed E-state index contributed by atoms with van der Waals surface area (Å²) in [6.45, 7) is 0. The first-order valence-corrected chi connectivity index (χ1v) is 5.98. The Hall–Kier alpha value is -2.88. The summed E-state index contributed by atoms with van der Waals surface area (Å²) in [4.78, 5) is 22.8. The van der Waals surface area contributed by atoms with Gasteiger partial charge in [-0.05, 0) is 23.8 Å². The number of benzene rings is 2. The number of nitrogen functional groups attached to an aromatic ring is 1. The van der Waals surface area contributed by atoms with Gasteiger partial charge in [-0.25, -0.2) is 4.79 Å². The molecule has 0 saturated carbocycles. The molecule has 20 heavy (non-hydrogen) atoms. The minimum Gasteiger partial charge on any atom is -0.478 e. The quantitative estimate of drug-likeness (QED) is 0.507. The first-order chi connectivity index (χ1) is 9.58. The lowest BCUT2D eigenvalue weighted by Gasteiger charge is -2.06. The summed E-state index contributed by atoms with van der Waals surface area (Å²) in [6.07, 6.45) is 2.44. The van der Waals surface area contributed by atoms with Crippen molar-refractivity contribution in [2.75, 3.05) is 5.73 Å². The van der Waals surface area contributed by atoms with Gasteiger partial charge in [-0.15, -0.1) is 0 Å². The van der Waals surface area contributed by atoms with E-state index in [1.54, 1.807) is 42.5 Å². The summed E-state index contributed by atoms with van der Waals surface area (Å²) >= 11 is 0. The highest BCUT2D eigenvalue weighted by molar-refractivity contribution is 6.12. The highest BCUT2D eigenvalue weighted by Gasteiger charge is 2.12. The molecule has 4 nitrogen and oxygen atoms in total. The van der Waals surface area contributed by atoms with Crippen LogP contribution in [0.4, 0.5) is 5.69 Å². The summed E-state index contributed by atoms with van der Waals surface area (Å²) in [6, 6.07) is 13.6. The van der Waals surface area contributed by atoms with Crippen molar-refractivity contribution in [2.45, 2.75) is 0 Å². The normalized spacial score (nSPS) is 10.6. The molecule has 0 fully saturated rings. The van der Waals surface area contributed by atoms with E-state index in [4.69, 9.17) is 10.8 Å². The highest BCUT2D eigenvalue weighted by Crippen LogP contribution is 2.19.